The zero-order valence-electron chi connectivity index (χ0n) is 14.8. The van der Waals surface area contributed by atoms with Crippen molar-refractivity contribution in [3.63, 3.8) is 0 Å². The number of anilines is 1. The van der Waals surface area contributed by atoms with E-state index in [-0.39, 0.29) is 5.82 Å². The Labute approximate surface area is 167 Å². The first-order valence-corrected chi connectivity index (χ1v) is 9.11. The predicted molar refractivity (Wildman–Crippen MR) is 111 cm³/mol. The second kappa shape index (κ2) is 8.10. The Kier molecular flexibility index (Phi) is 5.21. The normalized spacial score (nSPS) is 10.6. The topological polar surface area (TPSA) is 51.0 Å². The molecule has 0 bridgehead atoms. The summed E-state index contributed by atoms with van der Waals surface area (Å²) in [6.07, 6.45) is 3.98. The monoisotopic (exact) mass is 389 g/mol. The number of nitrogens with one attached hydrogen (secondary N) is 1. The lowest BCUT2D eigenvalue weighted by Gasteiger charge is -2.08. The molecule has 0 aliphatic rings. The SMILES string of the molecule is Fc1ccc(-c2noc(NC(=S)Cc3ccccc3)c2-c2ccncc2)cc1. The zero-order chi connectivity index (χ0) is 19.3. The van der Waals surface area contributed by atoms with Crippen LogP contribution in [0.4, 0.5) is 10.3 Å². The summed E-state index contributed by atoms with van der Waals surface area (Å²) in [5.41, 5.74) is 4.09. The Bertz CT molecular complexity index is 1080. The average molecular weight is 389 g/mol. The summed E-state index contributed by atoms with van der Waals surface area (Å²) in [6, 6.07) is 19.8. The van der Waals surface area contributed by atoms with E-state index in [1.807, 2.05) is 42.5 Å². The van der Waals surface area contributed by atoms with Crippen LogP contribution in [0.3, 0.4) is 0 Å². The second-order valence-electron chi connectivity index (χ2n) is 6.19. The molecule has 0 amide bonds. The van der Waals surface area contributed by atoms with Gasteiger partial charge in [-0.25, -0.2) is 4.39 Å². The summed E-state index contributed by atoms with van der Waals surface area (Å²) in [4.78, 5) is 4.68. The molecule has 0 spiro atoms. The van der Waals surface area contributed by atoms with Crippen LogP contribution in [-0.2, 0) is 6.42 Å². The summed E-state index contributed by atoms with van der Waals surface area (Å²) in [6.45, 7) is 0. The van der Waals surface area contributed by atoms with Crippen LogP contribution < -0.4 is 5.32 Å². The van der Waals surface area contributed by atoms with Crippen LogP contribution >= 0.6 is 12.2 Å². The van der Waals surface area contributed by atoms with Gasteiger partial charge < -0.3 is 9.84 Å². The van der Waals surface area contributed by atoms with Crippen LogP contribution in [0.5, 0.6) is 0 Å². The molecule has 6 heteroatoms. The maximum Gasteiger partial charge on any atom is 0.237 e. The molecule has 2 aromatic heterocycles. The van der Waals surface area contributed by atoms with Gasteiger partial charge in [0.25, 0.3) is 0 Å². The van der Waals surface area contributed by atoms with E-state index < -0.39 is 0 Å². The Morgan fingerprint density at radius 2 is 1.64 bits per heavy atom. The quantitative estimate of drug-likeness (QED) is 0.455. The van der Waals surface area contributed by atoms with Crippen LogP contribution in [0.1, 0.15) is 5.56 Å². The average Bonchev–Trinajstić information content (AvgIpc) is 3.13. The first-order chi connectivity index (χ1) is 13.7. The molecule has 4 rings (SSSR count). The highest BCUT2D eigenvalue weighted by molar-refractivity contribution is 7.80. The van der Waals surface area contributed by atoms with Crippen LogP contribution in [0.15, 0.2) is 83.6 Å². The van der Waals surface area contributed by atoms with Gasteiger partial charge in [-0.1, -0.05) is 47.7 Å². The number of aromatic nitrogens is 2. The lowest BCUT2D eigenvalue weighted by atomic mass is 10.0. The van der Waals surface area contributed by atoms with Gasteiger partial charge in [-0.3, -0.25) is 4.98 Å². The van der Waals surface area contributed by atoms with Gasteiger partial charge in [0.05, 0.1) is 10.6 Å². The summed E-state index contributed by atoms with van der Waals surface area (Å²) in [5.74, 6) is 0.145. The molecule has 0 aliphatic heterocycles. The largest absolute Gasteiger partial charge is 0.337 e. The minimum atomic E-state index is -0.305. The smallest absolute Gasteiger partial charge is 0.237 e. The van der Waals surface area contributed by atoms with E-state index in [0.717, 1.165) is 22.3 Å². The second-order valence-corrected chi connectivity index (χ2v) is 6.68. The number of hydrogen-bond acceptors (Lipinski definition) is 4. The van der Waals surface area contributed by atoms with Crippen LogP contribution in [0, 0.1) is 5.82 Å². The van der Waals surface area contributed by atoms with Crippen molar-refractivity contribution in [2.24, 2.45) is 0 Å². The summed E-state index contributed by atoms with van der Waals surface area (Å²) >= 11 is 5.51. The summed E-state index contributed by atoms with van der Waals surface area (Å²) < 4.78 is 18.9. The van der Waals surface area contributed by atoms with Crippen molar-refractivity contribution >= 4 is 23.1 Å². The molecule has 4 aromatic rings. The highest BCUT2D eigenvalue weighted by Crippen LogP contribution is 2.37. The van der Waals surface area contributed by atoms with Crippen molar-refractivity contribution < 1.29 is 8.91 Å². The minimum Gasteiger partial charge on any atom is -0.337 e. The van der Waals surface area contributed by atoms with Gasteiger partial charge in [0, 0.05) is 24.4 Å². The van der Waals surface area contributed by atoms with Crippen LogP contribution in [0.25, 0.3) is 22.4 Å². The Balaban J connectivity index is 1.69. The van der Waals surface area contributed by atoms with Crippen molar-refractivity contribution in [3.05, 3.63) is 90.5 Å². The van der Waals surface area contributed by atoms with Crippen molar-refractivity contribution in [2.75, 3.05) is 5.32 Å². The number of rotatable bonds is 5. The first kappa shape index (κ1) is 18.0. The van der Waals surface area contributed by atoms with E-state index in [2.05, 4.69) is 15.5 Å². The molecule has 1 N–H and O–H groups in total. The molecule has 0 unspecified atom stereocenters. The Hall–Kier alpha value is -3.38. The van der Waals surface area contributed by atoms with Crippen molar-refractivity contribution in [1.29, 1.82) is 0 Å². The third-order valence-electron chi connectivity index (χ3n) is 4.24. The van der Waals surface area contributed by atoms with Gasteiger partial charge in [-0.15, -0.1) is 0 Å². The summed E-state index contributed by atoms with van der Waals surface area (Å²) in [7, 11) is 0. The van der Waals surface area contributed by atoms with E-state index in [0.29, 0.717) is 23.0 Å². The molecule has 0 radical (unpaired) electrons. The van der Waals surface area contributed by atoms with Gasteiger partial charge in [-0.05, 0) is 47.5 Å². The minimum absolute atomic E-state index is 0.305. The molecule has 0 aliphatic carbocycles. The Morgan fingerprint density at radius 3 is 2.36 bits per heavy atom. The fraction of sp³-hybridized carbons (Fsp3) is 0.0455. The van der Waals surface area contributed by atoms with Crippen molar-refractivity contribution in [2.45, 2.75) is 6.42 Å². The molecule has 28 heavy (non-hydrogen) atoms. The number of nitrogens with zero attached hydrogens (tertiary/aromatic N) is 2. The zero-order valence-corrected chi connectivity index (χ0v) is 15.6. The van der Waals surface area contributed by atoms with Crippen LogP contribution in [0.2, 0.25) is 0 Å². The molecule has 4 nitrogen and oxygen atoms in total. The highest BCUT2D eigenvalue weighted by atomic mass is 32.1. The number of pyridine rings is 1. The molecule has 0 saturated carbocycles. The van der Waals surface area contributed by atoms with Crippen LogP contribution in [-0.4, -0.2) is 15.1 Å². The molecule has 0 saturated heterocycles. The molecule has 0 atom stereocenters. The maximum absolute atomic E-state index is 13.3. The maximum atomic E-state index is 13.3. The summed E-state index contributed by atoms with van der Waals surface area (Å²) in [5, 5.41) is 7.38. The highest BCUT2D eigenvalue weighted by Gasteiger charge is 2.20. The standard InChI is InChI=1S/C22H16FN3OS/c23-18-8-6-17(7-9-18)21-20(16-10-12-24-13-11-16)22(27-26-21)25-19(28)14-15-4-2-1-3-5-15/h1-13H,14H2,(H,25,28). The Morgan fingerprint density at radius 1 is 0.929 bits per heavy atom. The van der Waals surface area contributed by atoms with Gasteiger partial charge in [-0.2, -0.15) is 0 Å². The lowest BCUT2D eigenvalue weighted by Crippen LogP contribution is -2.12. The fourth-order valence-corrected chi connectivity index (χ4v) is 3.18. The van der Waals surface area contributed by atoms with E-state index in [9.17, 15) is 4.39 Å². The van der Waals surface area contributed by atoms with E-state index in [4.69, 9.17) is 16.7 Å². The lowest BCUT2D eigenvalue weighted by molar-refractivity contribution is 0.438. The molecule has 0 fully saturated rings. The molecular weight excluding hydrogens is 373 g/mol. The third kappa shape index (κ3) is 3.97. The molecular formula is C22H16FN3OS. The molecule has 138 valence electrons. The van der Waals surface area contributed by atoms with Crippen molar-refractivity contribution in [1.82, 2.24) is 10.1 Å². The predicted octanol–water partition coefficient (Wildman–Crippen LogP) is 5.52. The first-order valence-electron chi connectivity index (χ1n) is 8.70. The molecule has 2 heterocycles. The molecule has 2 aromatic carbocycles. The number of halogens is 1. The van der Waals surface area contributed by atoms with Crippen molar-refractivity contribution in [3.8, 4) is 22.4 Å². The third-order valence-corrected chi connectivity index (χ3v) is 4.49. The van der Waals surface area contributed by atoms with Gasteiger partial charge >= 0.3 is 0 Å². The number of thiocarbonyl (C=S) groups is 1. The van der Waals surface area contributed by atoms with Gasteiger partial charge in [0.15, 0.2) is 0 Å². The van der Waals surface area contributed by atoms with E-state index >= 15 is 0 Å². The van der Waals surface area contributed by atoms with E-state index in [1.165, 1.54) is 12.1 Å². The fourth-order valence-electron chi connectivity index (χ4n) is 2.92. The van der Waals surface area contributed by atoms with E-state index in [1.54, 1.807) is 24.5 Å². The number of hydrogen-bond donors (Lipinski definition) is 1. The van der Waals surface area contributed by atoms with Gasteiger partial charge in [0.1, 0.15) is 11.5 Å². The van der Waals surface area contributed by atoms with Gasteiger partial charge in [0.2, 0.25) is 5.88 Å². The number of benzene rings is 2.